The van der Waals surface area contributed by atoms with Crippen LogP contribution in [0.5, 0.6) is 5.75 Å². The van der Waals surface area contributed by atoms with Crippen LogP contribution < -0.4 is 15.6 Å². The number of nitriles is 1. The summed E-state index contributed by atoms with van der Waals surface area (Å²) in [5.41, 5.74) is 4.55. The van der Waals surface area contributed by atoms with Gasteiger partial charge in [-0.05, 0) is 26.0 Å². The van der Waals surface area contributed by atoms with Crippen LogP contribution in [0.15, 0.2) is 24.3 Å². The molecule has 0 heterocycles. The second kappa shape index (κ2) is 7.63. The Labute approximate surface area is 116 Å². The van der Waals surface area contributed by atoms with Crippen LogP contribution in [0.3, 0.4) is 0 Å². The predicted octanol–water partition coefficient (Wildman–Crippen LogP) is 1.10. The first-order chi connectivity index (χ1) is 9.58. The second-order valence-electron chi connectivity index (χ2n) is 3.70. The average molecular weight is 277 g/mol. The highest BCUT2D eigenvalue weighted by Crippen LogP contribution is 2.17. The predicted molar refractivity (Wildman–Crippen MR) is 69.5 cm³/mol. The van der Waals surface area contributed by atoms with Crippen LogP contribution in [-0.2, 0) is 9.53 Å². The molecule has 0 spiro atoms. The first-order valence-corrected chi connectivity index (χ1v) is 5.96. The summed E-state index contributed by atoms with van der Waals surface area (Å²) in [7, 11) is 0. The molecule has 0 radical (unpaired) electrons. The van der Waals surface area contributed by atoms with Gasteiger partial charge in [0, 0.05) is 0 Å². The quantitative estimate of drug-likeness (QED) is 0.803. The summed E-state index contributed by atoms with van der Waals surface area (Å²) in [5, 5.41) is 8.90. The summed E-state index contributed by atoms with van der Waals surface area (Å²) in [4.78, 5) is 22.7. The molecule has 0 aromatic heterocycles. The van der Waals surface area contributed by atoms with Crippen molar-refractivity contribution in [3.05, 3.63) is 29.8 Å². The summed E-state index contributed by atoms with van der Waals surface area (Å²) < 4.78 is 9.94. The number of hydrogen-bond donors (Lipinski definition) is 2. The maximum Gasteiger partial charge on any atom is 0.426 e. The number of amides is 2. The molecule has 0 aliphatic carbocycles. The van der Waals surface area contributed by atoms with Gasteiger partial charge >= 0.3 is 6.09 Å². The number of nitrogens with zero attached hydrogens (tertiary/aromatic N) is 1. The number of ether oxygens (including phenoxy) is 2. The van der Waals surface area contributed by atoms with Crippen LogP contribution in [0.25, 0.3) is 0 Å². The summed E-state index contributed by atoms with van der Waals surface area (Å²) in [6, 6.07) is 8.51. The van der Waals surface area contributed by atoms with Crippen LogP contribution in [0.1, 0.15) is 19.4 Å². The van der Waals surface area contributed by atoms with Gasteiger partial charge in [-0.15, -0.1) is 0 Å². The van der Waals surface area contributed by atoms with Crippen LogP contribution >= 0.6 is 0 Å². The molecule has 0 fully saturated rings. The van der Waals surface area contributed by atoms with Gasteiger partial charge in [0.05, 0.1) is 12.2 Å². The van der Waals surface area contributed by atoms with Crippen molar-refractivity contribution in [2.24, 2.45) is 0 Å². The highest BCUT2D eigenvalue weighted by molar-refractivity contribution is 5.82. The summed E-state index contributed by atoms with van der Waals surface area (Å²) in [5.74, 6) is -0.264. The Hall–Kier alpha value is -2.75. The minimum absolute atomic E-state index is 0.198. The molecule has 7 nitrogen and oxygen atoms in total. The third-order valence-corrected chi connectivity index (χ3v) is 2.24. The highest BCUT2D eigenvalue weighted by Gasteiger charge is 2.16. The Morgan fingerprint density at radius 3 is 2.70 bits per heavy atom. The number of nitrogens with one attached hydrogen (secondary N) is 2. The van der Waals surface area contributed by atoms with E-state index in [1.807, 2.05) is 6.07 Å². The molecule has 1 aromatic rings. The zero-order chi connectivity index (χ0) is 15.0. The lowest BCUT2D eigenvalue weighted by atomic mass is 10.2. The highest BCUT2D eigenvalue weighted by atomic mass is 16.6. The monoisotopic (exact) mass is 277 g/mol. The number of hydrazine groups is 1. The lowest BCUT2D eigenvalue weighted by molar-refractivity contribution is -0.128. The smallest absolute Gasteiger partial charge is 0.426 e. The molecule has 20 heavy (non-hydrogen) atoms. The van der Waals surface area contributed by atoms with Gasteiger partial charge in [0.2, 0.25) is 0 Å². The molecule has 0 saturated carbocycles. The average Bonchev–Trinajstić information content (AvgIpc) is 2.45. The number of hydrogen-bond acceptors (Lipinski definition) is 5. The van der Waals surface area contributed by atoms with Gasteiger partial charge < -0.3 is 9.47 Å². The number of rotatable bonds is 4. The van der Waals surface area contributed by atoms with Crippen molar-refractivity contribution in [3.63, 3.8) is 0 Å². The largest absolute Gasteiger partial charge is 0.479 e. The summed E-state index contributed by atoms with van der Waals surface area (Å²) >= 11 is 0. The molecule has 1 atom stereocenters. The fraction of sp³-hybridized carbons (Fsp3) is 0.308. The molecule has 0 saturated heterocycles. The molecule has 2 amide bonds. The minimum Gasteiger partial charge on any atom is -0.479 e. The topological polar surface area (TPSA) is 100 Å². The van der Waals surface area contributed by atoms with E-state index < -0.39 is 18.1 Å². The van der Waals surface area contributed by atoms with Crippen LogP contribution in [-0.4, -0.2) is 24.7 Å². The fourth-order valence-electron chi connectivity index (χ4n) is 1.29. The molecule has 106 valence electrons. The first kappa shape index (κ1) is 15.3. The van der Waals surface area contributed by atoms with Crippen molar-refractivity contribution >= 4 is 12.0 Å². The lowest BCUT2D eigenvalue weighted by Crippen LogP contribution is -2.47. The Kier molecular flexibility index (Phi) is 5.84. The van der Waals surface area contributed by atoms with Gasteiger partial charge in [0.25, 0.3) is 5.91 Å². The molecule has 7 heteroatoms. The van der Waals surface area contributed by atoms with Crippen LogP contribution in [0, 0.1) is 11.3 Å². The molecular formula is C13H15N3O4. The standard InChI is InChI=1S/C13H15N3O4/c1-3-19-13(18)16-15-12(17)9(2)20-11-7-5-4-6-10(11)8-14/h4-7,9H,3H2,1-2H3,(H,15,17)(H,16,18)/t9-/m1/s1. The summed E-state index contributed by atoms with van der Waals surface area (Å²) in [6.45, 7) is 3.34. The molecular weight excluding hydrogens is 262 g/mol. The molecule has 0 aliphatic heterocycles. The Morgan fingerprint density at radius 2 is 2.05 bits per heavy atom. The van der Waals surface area contributed by atoms with E-state index in [-0.39, 0.29) is 6.61 Å². The van der Waals surface area contributed by atoms with Crippen molar-refractivity contribution in [1.82, 2.24) is 10.9 Å². The molecule has 0 unspecified atom stereocenters. The van der Waals surface area contributed by atoms with E-state index >= 15 is 0 Å². The van der Waals surface area contributed by atoms with E-state index in [1.54, 1.807) is 31.2 Å². The zero-order valence-electron chi connectivity index (χ0n) is 11.2. The van der Waals surface area contributed by atoms with E-state index in [4.69, 9.17) is 10.00 Å². The first-order valence-electron chi connectivity index (χ1n) is 5.96. The maximum absolute atomic E-state index is 11.7. The molecule has 1 rings (SSSR count). The minimum atomic E-state index is -0.883. The Bertz CT molecular complexity index is 525. The van der Waals surface area contributed by atoms with Gasteiger partial charge in [0.15, 0.2) is 6.10 Å². The van der Waals surface area contributed by atoms with Gasteiger partial charge in [-0.3, -0.25) is 10.2 Å². The van der Waals surface area contributed by atoms with E-state index in [0.29, 0.717) is 11.3 Å². The fourth-order valence-corrected chi connectivity index (χ4v) is 1.29. The normalized spacial score (nSPS) is 10.8. The van der Waals surface area contributed by atoms with Crippen LogP contribution in [0.2, 0.25) is 0 Å². The SMILES string of the molecule is CCOC(=O)NNC(=O)[C@@H](C)Oc1ccccc1C#N. The number of para-hydroxylation sites is 1. The summed E-state index contributed by atoms with van der Waals surface area (Å²) in [6.07, 6.45) is -1.64. The van der Waals surface area contributed by atoms with Gasteiger partial charge in [-0.2, -0.15) is 5.26 Å². The lowest BCUT2D eigenvalue weighted by Gasteiger charge is -2.15. The van der Waals surface area contributed by atoms with Crippen molar-refractivity contribution in [2.75, 3.05) is 6.61 Å². The second-order valence-corrected chi connectivity index (χ2v) is 3.70. The van der Waals surface area contributed by atoms with Crippen molar-refractivity contribution in [2.45, 2.75) is 20.0 Å². The molecule has 2 N–H and O–H groups in total. The van der Waals surface area contributed by atoms with Crippen LogP contribution in [0.4, 0.5) is 4.79 Å². The van der Waals surface area contributed by atoms with E-state index in [9.17, 15) is 9.59 Å². The maximum atomic E-state index is 11.7. The van der Waals surface area contributed by atoms with Crippen molar-refractivity contribution < 1.29 is 19.1 Å². The Balaban J connectivity index is 2.54. The van der Waals surface area contributed by atoms with Gasteiger partial charge in [-0.25, -0.2) is 10.2 Å². The van der Waals surface area contributed by atoms with E-state index in [2.05, 4.69) is 15.6 Å². The number of carbonyl (C=O) groups excluding carboxylic acids is 2. The Morgan fingerprint density at radius 1 is 1.35 bits per heavy atom. The van der Waals surface area contributed by atoms with Crippen molar-refractivity contribution in [3.8, 4) is 11.8 Å². The zero-order valence-corrected chi connectivity index (χ0v) is 11.2. The van der Waals surface area contributed by atoms with Gasteiger partial charge in [0.1, 0.15) is 11.8 Å². The third kappa shape index (κ3) is 4.49. The van der Waals surface area contributed by atoms with E-state index in [1.165, 1.54) is 6.92 Å². The van der Waals surface area contributed by atoms with E-state index in [0.717, 1.165) is 0 Å². The molecule has 0 aliphatic rings. The molecule has 1 aromatic carbocycles. The van der Waals surface area contributed by atoms with Gasteiger partial charge in [-0.1, -0.05) is 12.1 Å². The number of carbonyl (C=O) groups is 2. The van der Waals surface area contributed by atoms with Crippen molar-refractivity contribution in [1.29, 1.82) is 5.26 Å². The molecule has 0 bridgehead atoms. The third-order valence-electron chi connectivity index (χ3n) is 2.24. The number of benzene rings is 1.